The molecule has 1 N–H and O–H groups in total. The molecule has 1 aliphatic heterocycles. The van der Waals surface area contributed by atoms with E-state index < -0.39 is 0 Å². The Morgan fingerprint density at radius 3 is 2.50 bits per heavy atom. The summed E-state index contributed by atoms with van der Waals surface area (Å²) < 4.78 is 12.9. The average molecular weight is 247 g/mol. The fourth-order valence-corrected chi connectivity index (χ4v) is 2.37. The number of ketones is 1. The van der Waals surface area contributed by atoms with E-state index in [0.717, 1.165) is 5.56 Å². The van der Waals surface area contributed by atoms with E-state index in [1.165, 1.54) is 19.1 Å². The highest BCUT2D eigenvalue weighted by Gasteiger charge is 2.29. The molecule has 0 bridgehead atoms. The van der Waals surface area contributed by atoms with Gasteiger partial charge in [-0.25, -0.2) is 4.39 Å². The molecule has 94 valence electrons. The molecule has 1 heterocycles. The molecule has 18 heavy (non-hydrogen) atoms. The first-order valence-corrected chi connectivity index (χ1v) is 5.76. The Balaban J connectivity index is 2.46. The van der Waals surface area contributed by atoms with Crippen LogP contribution < -0.4 is 5.32 Å². The number of carbonyl (C=O) groups excluding carboxylic acids is 2. The first kappa shape index (κ1) is 12.5. The molecule has 0 spiro atoms. The van der Waals surface area contributed by atoms with E-state index in [9.17, 15) is 14.0 Å². The lowest BCUT2D eigenvalue weighted by Gasteiger charge is -2.26. The van der Waals surface area contributed by atoms with Crippen LogP contribution in [0.25, 0.3) is 0 Å². The average Bonchev–Trinajstić information content (AvgIpc) is 2.28. The van der Waals surface area contributed by atoms with Crippen LogP contribution in [0.2, 0.25) is 0 Å². The fraction of sp³-hybridized carbons (Fsp3) is 0.286. The predicted octanol–water partition coefficient (Wildman–Crippen LogP) is 2.29. The van der Waals surface area contributed by atoms with Crippen LogP contribution in [0.3, 0.4) is 0 Å². The van der Waals surface area contributed by atoms with E-state index in [0.29, 0.717) is 11.3 Å². The summed E-state index contributed by atoms with van der Waals surface area (Å²) in [6.45, 7) is 3.19. The molecule has 0 fully saturated rings. The predicted molar refractivity (Wildman–Crippen MR) is 65.3 cm³/mol. The minimum absolute atomic E-state index is 0.0678. The van der Waals surface area contributed by atoms with Crippen LogP contribution in [-0.4, -0.2) is 11.7 Å². The van der Waals surface area contributed by atoms with Crippen LogP contribution in [0.4, 0.5) is 4.39 Å². The van der Waals surface area contributed by atoms with E-state index in [1.807, 2.05) is 0 Å². The molecule has 0 aromatic heterocycles. The Hall–Kier alpha value is -1.97. The molecule has 1 atom stereocenters. The molecular weight excluding hydrogens is 233 g/mol. The maximum absolute atomic E-state index is 12.9. The lowest BCUT2D eigenvalue weighted by Crippen LogP contribution is -2.33. The van der Waals surface area contributed by atoms with Gasteiger partial charge in [0.2, 0.25) is 5.91 Å². The van der Waals surface area contributed by atoms with Crippen LogP contribution in [-0.2, 0) is 9.59 Å². The minimum atomic E-state index is -0.330. The number of carbonyl (C=O) groups is 2. The Morgan fingerprint density at radius 1 is 1.33 bits per heavy atom. The number of rotatable bonds is 2. The second-order valence-electron chi connectivity index (χ2n) is 4.45. The standard InChI is InChI=1S/C14H14FNO2/c1-8-14(9(2)17)12(7-13(18)16-8)10-3-5-11(15)6-4-10/h3-6,12H,7H2,1-2H3,(H,16,18). The van der Waals surface area contributed by atoms with Gasteiger partial charge < -0.3 is 5.32 Å². The van der Waals surface area contributed by atoms with Crippen molar-refractivity contribution in [2.24, 2.45) is 0 Å². The molecule has 1 aromatic carbocycles. The first-order chi connectivity index (χ1) is 8.49. The number of amides is 1. The Bertz CT molecular complexity index is 531. The van der Waals surface area contributed by atoms with Crippen molar-refractivity contribution >= 4 is 11.7 Å². The van der Waals surface area contributed by atoms with Crippen LogP contribution >= 0.6 is 0 Å². The summed E-state index contributed by atoms with van der Waals surface area (Å²) in [6, 6.07) is 5.92. The van der Waals surface area contributed by atoms with Crippen molar-refractivity contribution in [2.75, 3.05) is 0 Å². The minimum Gasteiger partial charge on any atom is -0.330 e. The number of Topliss-reactive ketones (excluding diaryl/α,β-unsaturated/α-hetero) is 1. The van der Waals surface area contributed by atoms with Crippen molar-refractivity contribution in [1.82, 2.24) is 5.32 Å². The van der Waals surface area contributed by atoms with Gasteiger partial charge in [-0.05, 0) is 31.5 Å². The quantitative estimate of drug-likeness (QED) is 0.871. The van der Waals surface area contributed by atoms with Gasteiger partial charge in [-0.3, -0.25) is 9.59 Å². The van der Waals surface area contributed by atoms with Gasteiger partial charge in [0.25, 0.3) is 0 Å². The molecular formula is C14H14FNO2. The number of halogens is 1. The van der Waals surface area contributed by atoms with E-state index in [2.05, 4.69) is 5.32 Å². The highest BCUT2D eigenvalue weighted by Crippen LogP contribution is 2.33. The maximum Gasteiger partial charge on any atom is 0.225 e. The van der Waals surface area contributed by atoms with Crippen molar-refractivity contribution in [3.05, 3.63) is 46.9 Å². The van der Waals surface area contributed by atoms with Crippen LogP contribution in [0, 0.1) is 5.82 Å². The number of hydrogen-bond donors (Lipinski definition) is 1. The van der Waals surface area contributed by atoms with Crippen molar-refractivity contribution in [2.45, 2.75) is 26.2 Å². The topological polar surface area (TPSA) is 46.2 Å². The Morgan fingerprint density at radius 2 is 1.94 bits per heavy atom. The SMILES string of the molecule is CC(=O)C1=C(C)NC(=O)CC1c1ccc(F)cc1. The van der Waals surface area contributed by atoms with Crippen molar-refractivity contribution in [1.29, 1.82) is 0 Å². The summed E-state index contributed by atoms with van der Waals surface area (Å²) in [5.74, 6) is -0.797. The molecule has 0 saturated carbocycles. The summed E-state index contributed by atoms with van der Waals surface area (Å²) in [5, 5.41) is 2.67. The third kappa shape index (κ3) is 2.32. The molecule has 1 amide bonds. The second kappa shape index (κ2) is 4.72. The first-order valence-electron chi connectivity index (χ1n) is 5.76. The molecule has 0 aliphatic carbocycles. The zero-order chi connectivity index (χ0) is 13.3. The van der Waals surface area contributed by atoms with Crippen LogP contribution in [0.1, 0.15) is 31.7 Å². The lowest BCUT2D eigenvalue weighted by molar-refractivity contribution is -0.121. The summed E-state index contributed by atoms with van der Waals surface area (Å²) in [5.41, 5.74) is 1.98. The zero-order valence-corrected chi connectivity index (χ0v) is 10.3. The zero-order valence-electron chi connectivity index (χ0n) is 10.3. The molecule has 1 aromatic rings. The largest absolute Gasteiger partial charge is 0.330 e. The maximum atomic E-state index is 12.9. The van der Waals surface area contributed by atoms with Crippen LogP contribution in [0.15, 0.2) is 35.5 Å². The summed E-state index contributed by atoms with van der Waals surface area (Å²) in [4.78, 5) is 23.2. The molecule has 0 radical (unpaired) electrons. The van der Waals surface area contributed by atoms with Gasteiger partial charge in [0.05, 0.1) is 0 Å². The summed E-state index contributed by atoms with van der Waals surface area (Å²) in [7, 11) is 0. The molecule has 1 unspecified atom stereocenters. The second-order valence-corrected chi connectivity index (χ2v) is 4.45. The molecule has 4 heteroatoms. The van der Waals surface area contributed by atoms with E-state index in [-0.39, 0.29) is 29.8 Å². The fourth-order valence-electron chi connectivity index (χ4n) is 2.37. The highest BCUT2D eigenvalue weighted by molar-refractivity contribution is 5.99. The molecule has 3 nitrogen and oxygen atoms in total. The van der Waals surface area contributed by atoms with Crippen molar-refractivity contribution in [3.63, 3.8) is 0 Å². The number of benzene rings is 1. The van der Waals surface area contributed by atoms with Crippen molar-refractivity contribution < 1.29 is 14.0 Å². The van der Waals surface area contributed by atoms with Gasteiger partial charge in [0.15, 0.2) is 5.78 Å². The van der Waals surface area contributed by atoms with Crippen LogP contribution in [0.5, 0.6) is 0 Å². The third-order valence-corrected chi connectivity index (χ3v) is 3.12. The number of allylic oxidation sites excluding steroid dienone is 2. The normalized spacial score (nSPS) is 19.7. The molecule has 0 saturated heterocycles. The summed E-state index contributed by atoms with van der Waals surface area (Å²) >= 11 is 0. The molecule has 2 rings (SSSR count). The highest BCUT2D eigenvalue weighted by atomic mass is 19.1. The van der Waals surface area contributed by atoms with E-state index in [4.69, 9.17) is 0 Å². The van der Waals surface area contributed by atoms with Gasteiger partial charge in [-0.2, -0.15) is 0 Å². The van der Waals surface area contributed by atoms with Gasteiger partial charge in [0.1, 0.15) is 5.82 Å². The van der Waals surface area contributed by atoms with Gasteiger partial charge in [-0.15, -0.1) is 0 Å². The Labute approximate surface area is 105 Å². The molecule has 1 aliphatic rings. The Kier molecular flexibility index (Phi) is 3.28. The number of nitrogens with one attached hydrogen (secondary N) is 1. The monoisotopic (exact) mass is 247 g/mol. The summed E-state index contributed by atoms with van der Waals surface area (Å²) in [6.07, 6.45) is 0.220. The van der Waals surface area contributed by atoms with Crippen molar-refractivity contribution in [3.8, 4) is 0 Å². The van der Waals surface area contributed by atoms with Gasteiger partial charge in [-0.1, -0.05) is 12.1 Å². The van der Waals surface area contributed by atoms with E-state index >= 15 is 0 Å². The smallest absolute Gasteiger partial charge is 0.225 e. The number of hydrogen-bond acceptors (Lipinski definition) is 2. The van der Waals surface area contributed by atoms with Gasteiger partial charge >= 0.3 is 0 Å². The van der Waals surface area contributed by atoms with E-state index in [1.54, 1.807) is 19.1 Å². The lowest BCUT2D eigenvalue weighted by atomic mass is 9.83. The van der Waals surface area contributed by atoms with Gasteiger partial charge in [0, 0.05) is 23.6 Å². The third-order valence-electron chi connectivity index (χ3n) is 3.12.